The SMILES string of the molecule is CCNCCNC(=O)CN(CC(=O)N(C)N1Cc2ccc(F)cc2C1)c1ccc(-c2ncc(C)s2)cc1C.Cl. The molecule has 11 heteroatoms. The second-order valence-corrected chi connectivity index (χ2v) is 10.7. The number of hydrogen-bond donors (Lipinski definition) is 2. The zero-order valence-electron chi connectivity index (χ0n) is 22.8. The number of likely N-dealkylation sites (N-methyl/N-ethyl adjacent to an activating group) is 2. The van der Waals surface area contributed by atoms with Crippen LogP contribution in [-0.4, -0.2) is 66.6 Å². The largest absolute Gasteiger partial charge is 0.353 e. The van der Waals surface area contributed by atoms with E-state index in [1.54, 1.807) is 29.5 Å². The van der Waals surface area contributed by atoms with Gasteiger partial charge in [0.15, 0.2) is 0 Å². The third-order valence-electron chi connectivity index (χ3n) is 6.60. The van der Waals surface area contributed by atoms with E-state index in [1.807, 2.05) is 55.1 Å². The zero-order valence-corrected chi connectivity index (χ0v) is 24.4. The highest BCUT2D eigenvalue weighted by Crippen LogP contribution is 2.30. The van der Waals surface area contributed by atoms with Crippen molar-refractivity contribution in [2.45, 2.75) is 33.9 Å². The molecule has 2 aromatic carbocycles. The Balaban J connectivity index is 0.00000420. The summed E-state index contributed by atoms with van der Waals surface area (Å²) in [6.07, 6.45) is 1.85. The standard InChI is InChI=1S/C28H35FN6O2S.ClH/c1-5-30-10-11-31-26(36)17-34(25-9-7-21(12-19(25)2)28-32-14-20(3)38-28)18-27(37)33(4)35-15-22-6-8-24(29)13-23(22)16-35;/h6-9,12-14,30H,5,10-11,15-18H2,1-4H3,(H,31,36);1H. The van der Waals surface area contributed by atoms with Crippen LogP contribution in [0.2, 0.25) is 0 Å². The van der Waals surface area contributed by atoms with Crippen LogP contribution in [0.3, 0.4) is 0 Å². The summed E-state index contributed by atoms with van der Waals surface area (Å²) >= 11 is 1.63. The van der Waals surface area contributed by atoms with Gasteiger partial charge in [-0.3, -0.25) is 14.6 Å². The summed E-state index contributed by atoms with van der Waals surface area (Å²) in [6, 6.07) is 10.7. The van der Waals surface area contributed by atoms with E-state index < -0.39 is 0 Å². The Labute approximate surface area is 239 Å². The molecular weight excluding hydrogens is 539 g/mol. The Morgan fingerprint density at radius 2 is 1.85 bits per heavy atom. The van der Waals surface area contributed by atoms with Gasteiger partial charge < -0.3 is 15.5 Å². The summed E-state index contributed by atoms with van der Waals surface area (Å²) in [7, 11) is 1.72. The van der Waals surface area contributed by atoms with Crippen LogP contribution in [0.25, 0.3) is 10.6 Å². The number of aryl methyl sites for hydroxylation is 2. The van der Waals surface area contributed by atoms with Crippen molar-refractivity contribution >= 4 is 41.2 Å². The number of amides is 2. The lowest BCUT2D eigenvalue weighted by molar-refractivity contribution is -0.145. The minimum absolute atomic E-state index is 0. The Bertz CT molecular complexity index is 1300. The first kappa shape index (κ1) is 30.5. The molecular formula is C28H36ClFN6O2S. The molecule has 1 aromatic heterocycles. The molecule has 0 saturated carbocycles. The molecule has 1 aliphatic heterocycles. The van der Waals surface area contributed by atoms with E-state index in [1.165, 1.54) is 12.1 Å². The Kier molecular flexibility index (Phi) is 10.8. The fourth-order valence-corrected chi connectivity index (χ4v) is 5.30. The molecule has 2 amide bonds. The highest BCUT2D eigenvalue weighted by atomic mass is 35.5. The molecule has 0 spiro atoms. The van der Waals surface area contributed by atoms with Gasteiger partial charge in [0.05, 0.1) is 13.1 Å². The van der Waals surface area contributed by atoms with Crippen molar-refractivity contribution in [3.05, 3.63) is 70.0 Å². The van der Waals surface area contributed by atoms with E-state index in [4.69, 9.17) is 0 Å². The number of rotatable bonds is 11. The number of hydrazine groups is 1. The number of fused-ring (bicyclic) bond motifs is 1. The molecule has 0 aliphatic carbocycles. The lowest BCUT2D eigenvalue weighted by Gasteiger charge is -2.32. The third kappa shape index (κ3) is 7.76. The minimum Gasteiger partial charge on any atom is -0.353 e. The highest BCUT2D eigenvalue weighted by Gasteiger charge is 2.27. The number of nitrogens with one attached hydrogen (secondary N) is 2. The van der Waals surface area contributed by atoms with Gasteiger partial charge in [-0.2, -0.15) is 0 Å². The van der Waals surface area contributed by atoms with Gasteiger partial charge in [-0.25, -0.2) is 14.4 Å². The maximum absolute atomic E-state index is 13.7. The molecule has 0 fully saturated rings. The highest BCUT2D eigenvalue weighted by molar-refractivity contribution is 7.14. The molecule has 210 valence electrons. The van der Waals surface area contributed by atoms with Gasteiger partial charge in [0.2, 0.25) is 5.91 Å². The summed E-state index contributed by atoms with van der Waals surface area (Å²) in [5, 5.41) is 10.5. The normalized spacial score (nSPS) is 12.5. The van der Waals surface area contributed by atoms with E-state index in [-0.39, 0.29) is 43.1 Å². The number of benzene rings is 2. The molecule has 0 unspecified atom stereocenters. The molecule has 0 saturated heterocycles. The second-order valence-electron chi connectivity index (χ2n) is 9.49. The predicted molar refractivity (Wildman–Crippen MR) is 156 cm³/mol. The Hall–Kier alpha value is -3.05. The second kappa shape index (κ2) is 13.8. The lowest BCUT2D eigenvalue weighted by atomic mass is 10.1. The first-order chi connectivity index (χ1) is 18.2. The van der Waals surface area contributed by atoms with Gasteiger partial charge in [-0.15, -0.1) is 23.7 Å². The van der Waals surface area contributed by atoms with Crippen molar-refractivity contribution < 1.29 is 14.0 Å². The van der Waals surface area contributed by atoms with Crippen LogP contribution in [0.5, 0.6) is 0 Å². The fourth-order valence-electron chi connectivity index (χ4n) is 4.53. The number of anilines is 1. The van der Waals surface area contributed by atoms with E-state index in [9.17, 15) is 14.0 Å². The summed E-state index contributed by atoms with van der Waals surface area (Å²) in [4.78, 5) is 33.7. The number of carbonyl (C=O) groups is 2. The molecule has 2 heterocycles. The Morgan fingerprint density at radius 1 is 1.08 bits per heavy atom. The average Bonchev–Trinajstić information content (AvgIpc) is 3.51. The molecule has 1 aliphatic rings. The van der Waals surface area contributed by atoms with Gasteiger partial charge in [0, 0.05) is 55.6 Å². The summed E-state index contributed by atoms with van der Waals surface area (Å²) in [5.41, 5.74) is 4.66. The van der Waals surface area contributed by atoms with Gasteiger partial charge in [-0.1, -0.05) is 13.0 Å². The average molecular weight is 575 g/mol. The van der Waals surface area contributed by atoms with Crippen LogP contribution in [0, 0.1) is 19.7 Å². The number of nitrogens with zero attached hydrogens (tertiary/aromatic N) is 4. The molecule has 0 atom stereocenters. The van der Waals surface area contributed by atoms with E-state index in [0.717, 1.165) is 44.4 Å². The van der Waals surface area contributed by atoms with Crippen molar-refractivity contribution in [1.29, 1.82) is 0 Å². The van der Waals surface area contributed by atoms with E-state index in [2.05, 4.69) is 15.6 Å². The van der Waals surface area contributed by atoms with Crippen LogP contribution >= 0.6 is 23.7 Å². The van der Waals surface area contributed by atoms with Gasteiger partial charge in [0.25, 0.3) is 5.91 Å². The first-order valence-electron chi connectivity index (χ1n) is 12.8. The summed E-state index contributed by atoms with van der Waals surface area (Å²) < 4.78 is 13.7. The number of thiazole rings is 1. The molecule has 3 aromatic rings. The fraction of sp³-hybridized carbons (Fsp3) is 0.393. The van der Waals surface area contributed by atoms with E-state index >= 15 is 0 Å². The van der Waals surface area contributed by atoms with Crippen molar-refractivity contribution in [2.24, 2.45) is 0 Å². The van der Waals surface area contributed by atoms with Crippen LogP contribution in [0.1, 0.15) is 28.5 Å². The third-order valence-corrected chi connectivity index (χ3v) is 7.56. The van der Waals surface area contributed by atoms with Crippen molar-refractivity contribution in [3.63, 3.8) is 0 Å². The lowest BCUT2D eigenvalue weighted by Crippen LogP contribution is -2.48. The van der Waals surface area contributed by atoms with Crippen molar-refractivity contribution in [2.75, 3.05) is 44.7 Å². The van der Waals surface area contributed by atoms with Crippen LogP contribution in [0.15, 0.2) is 42.6 Å². The maximum Gasteiger partial charge on any atom is 0.256 e. The smallest absolute Gasteiger partial charge is 0.256 e. The van der Waals surface area contributed by atoms with Gasteiger partial charge >= 0.3 is 0 Å². The molecule has 8 nitrogen and oxygen atoms in total. The molecule has 0 bridgehead atoms. The van der Waals surface area contributed by atoms with Gasteiger partial charge in [0.1, 0.15) is 10.8 Å². The molecule has 4 rings (SSSR count). The number of halogens is 2. The predicted octanol–water partition coefficient (Wildman–Crippen LogP) is 3.91. The molecule has 39 heavy (non-hydrogen) atoms. The van der Waals surface area contributed by atoms with Crippen LogP contribution in [-0.2, 0) is 22.7 Å². The topological polar surface area (TPSA) is 80.8 Å². The van der Waals surface area contributed by atoms with Crippen LogP contribution < -0.4 is 15.5 Å². The first-order valence-corrected chi connectivity index (χ1v) is 13.6. The maximum atomic E-state index is 13.7. The number of aromatic nitrogens is 1. The monoisotopic (exact) mass is 574 g/mol. The van der Waals surface area contributed by atoms with Crippen LogP contribution in [0.4, 0.5) is 10.1 Å². The Morgan fingerprint density at radius 3 is 2.54 bits per heavy atom. The summed E-state index contributed by atoms with van der Waals surface area (Å²) in [6.45, 7) is 9.11. The zero-order chi connectivity index (χ0) is 27.2. The molecule has 2 N–H and O–H groups in total. The number of hydrogen-bond acceptors (Lipinski definition) is 7. The quantitative estimate of drug-likeness (QED) is 0.338. The van der Waals surface area contributed by atoms with Gasteiger partial charge in [-0.05, 0) is 67.4 Å². The van der Waals surface area contributed by atoms with Crippen molar-refractivity contribution in [1.82, 2.24) is 25.6 Å². The minimum atomic E-state index is -0.280. The number of carbonyl (C=O) groups excluding carboxylic acids is 2. The van der Waals surface area contributed by atoms with Crippen molar-refractivity contribution in [3.8, 4) is 10.6 Å². The van der Waals surface area contributed by atoms with E-state index in [0.29, 0.717) is 26.2 Å². The molecule has 0 radical (unpaired) electrons. The summed E-state index contributed by atoms with van der Waals surface area (Å²) in [5.74, 6) is -0.586.